The Morgan fingerprint density at radius 1 is 0.412 bits per heavy atom. The summed E-state index contributed by atoms with van der Waals surface area (Å²) in [5.41, 5.74) is 10.7. The minimum atomic E-state index is 1.11. The van der Waals surface area contributed by atoms with Gasteiger partial charge >= 0.3 is 0 Å². The van der Waals surface area contributed by atoms with Gasteiger partial charge in [0, 0.05) is 16.9 Å². The molecule has 0 N–H and O–H groups in total. The van der Waals surface area contributed by atoms with Gasteiger partial charge in [-0.15, -0.1) is 0 Å². The number of hydrogen-bond acceptors (Lipinski definition) is 1. The number of benzene rings is 9. The van der Waals surface area contributed by atoms with E-state index < -0.39 is 0 Å². The zero-order valence-corrected chi connectivity index (χ0v) is 28.8. The highest BCUT2D eigenvalue weighted by atomic mass is 15.1. The van der Waals surface area contributed by atoms with Gasteiger partial charge in [-0.05, 0) is 121 Å². The molecule has 0 bridgehead atoms. The summed E-state index contributed by atoms with van der Waals surface area (Å²) in [6.07, 6.45) is 4.37. The lowest BCUT2D eigenvalue weighted by atomic mass is 9.93. The molecule has 0 aliphatic carbocycles. The number of allylic oxidation sites excluding steroid dienone is 1. The zero-order valence-electron chi connectivity index (χ0n) is 28.8. The molecule has 0 saturated heterocycles. The molecular weight excluding hydrogens is 615 g/mol. The number of fused-ring (bicyclic) bond motifs is 7. The molecule has 0 spiro atoms. The summed E-state index contributed by atoms with van der Waals surface area (Å²) in [5.74, 6) is 0. The molecule has 9 aromatic rings. The van der Waals surface area contributed by atoms with Crippen LogP contribution in [0.25, 0.3) is 71.4 Å². The van der Waals surface area contributed by atoms with Crippen LogP contribution < -0.4 is 4.90 Å². The second kappa shape index (κ2) is 12.8. The summed E-state index contributed by atoms with van der Waals surface area (Å²) in [4.78, 5) is 2.43. The van der Waals surface area contributed by atoms with Crippen LogP contribution in [-0.4, -0.2) is 0 Å². The Kier molecular flexibility index (Phi) is 7.67. The molecule has 1 nitrogen and oxygen atoms in total. The Balaban J connectivity index is 1.25. The first-order valence-corrected chi connectivity index (χ1v) is 17.7. The van der Waals surface area contributed by atoms with E-state index in [1.165, 1.54) is 76.5 Å². The maximum Gasteiger partial charge on any atom is 0.0536 e. The van der Waals surface area contributed by atoms with Gasteiger partial charge in [0.2, 0.25) is 0 Å². The van der Waals surface area contributed by atoms with Crippen LogP contribution in [0.2, 0.25) is 0 Å². The minimum absolute atomic E-state index is 1.11. The molecule has 0 aliphatic rings. The highest BCUT2D eigenvalue weighted by Gasteiger charge is 2.19. The summed E-state index contributed by atoms with van der Waals surface area (Å²) >= 11 is 0. The van der Waals surface area contributed by atoms with Crippen molar-refractivity contribution in [2.75, 3.05) is 4.90 Å². The largest absolute Gasteiger partial charge is 0.310 e. The Bertz CT molecular complexity index is 2750. The van der Waals surface area contributed by atoms with Crippen molar-refractivity contribution in [3.05, 3.63) is 193 Å². The molecular formula is C50H37N. The lowest BCUT2D eigenvalue weighted by Crippen LogP contribution is -2.12. The lowest BCUT2D eigenvalue weighted by Gasteiger charge is -2.29. The van der Waals surface area contributed by atoms with Crippen molar-refractivity contribution >= 4 is 66.2 Å². The van der Waals surface area contributed by atoms with E-state index in [-0.39, 0.29) is 0 Å². The van der Waals surface area contributed by atoms with Gasteiger partial charge in [0.05, 0.1) is 5.69 Å². The maximum atomic E-state index is 2.43. The molecule has 0 fully saturated rings. The quantitative estimate of drug-likeness (QED) is 0.162. The number of nitrogens with zero attached hydrogens (tertiary/aromatic N) is 1. The first-order valence-electron chi connectivity index (χ1n) is 17.7. The van der Waals surface area contributed by atoms with E-state index in [9.17, 15) is 0 Å². The van der Waals surface area contributed by atoms with Gasteiger partial charge in [-0.25, -0.2) is 0 Å². The Hall–Kier alpha value is -6.44. The molecule has 9 rings (SSSR count). The van der Waals surface area contributed by atoms with Crippen LogP contribution in [0.4, 0.5) is 17.1 Å². The molecule has 1 heteroatoms. The second-order valence-corrected chi connectivity index (χ2v) is 13.3. The van der Waals surface area contributed by atoms with E-state index in [0.29, 0.717) is 0 Å². The van der Waals surface area contributed by atoms with Crippen LogP contribution in [0.5, 0.6) is 0 Å². The summed E-state index contributed by atoms with van der Waals surface area (Å²) in [6, 6.07) is 64.4. The van der Waals surface area contributed by atoms with Crippen LogP contribution >= 0.6 is 0 Å². The molecule has 242 valence electrons. The minimum Gasteiger partial charge on any atom is -0.310 e. The van der Waals surface area contributed by atoms with Crippen molar-refractivity contribution in [3.8, 4) is 22.3 Å². The van der Waals surface area contributed by atoms with Gasteiger partial charge in [0.15, 0.2) is 0 Å². The van der Waals surface area contributed by atoms with Crippen LogP contribution in [0, 0.1) is 6.92 Å². The van der Waals surface area contributed by atoms with E-state index in [2.05, 4.69) is 207 Å². The average molecular weight is 652 g/mol. The Morgan fingerprint density at radius 3 is 1.71 bits per heavy atom. The summed E-state index contributed by atoms with van der Waals surface area (Å²) in [7, 11) is 0. The van der Waals surface area contributed by atoms with Crippen LogP contribution in [0.15, 0.2) is 182 Å². The highest BCUT2D eigenvalue weighted by molar-refractivity contribution is 6.25. The van der Waals surface area contributed by atoms with Gasteiger partial charge in [0.1, 0.15) is 0 Å². The fourth-order valence-electron chi connectivity index (χ4n) is 7.87. The molecule has 0 heterocycles. The van der Waals surface area contributed by atoms with E-state index in [1.54, 1.807) is 0 Å². The topological polar surface area (TPSA) is 3.24 Å². The van der Waals surface area contributed by atoms with E-state index >= 15 is 0 Å². The van der Waals surface area contributed by atoms with Gasteiger partial charge in [-0.2, -0.15) is 0 Å². The maximum absolute atomic E-state index is 2.43. The smallest absolute Gasteiger partial charge is 0.0536 e. The molecule has 0 radical (unpaired) electrons. The van der Waals surface area contributed by atoms with Gasteiger partial charge in [-0.1, -0.05) is 152 Å². The van der Waals surface area contributed by atoms with Crippen molar-refractivity contribution in [3.63, 3.8) is 0 Å². The van der Waals surface area contributed by atoms with Crippen molar-refractivity contribution in [1.29, 1.82) is 0 Å². The van der Waals surface area contributed by atoms with Gasteiger partial charge < -0.3 is 4.90 Å². The molecule has 0 aromatic heterocycles. The predicted molar refractivity (Wildman–Crippen MR) is 221 cm³/mol. The third-order valence-corrected chi connectivity index (χ3v) is 10.3. The van der Waals surface area contributed by atoms with E-state index in [0.717, 1.165) is 17.1 Å². The highest BCUT2D eigenvalue weighted by Crippen LogP contribution is 2.43. The molecule has 9 aromatic carbocycles. The summed E-state index contributed by atoms with van der Waals surface area (Å²) in [6.45, 7) is 4.30. The second-order valence-electron chi connectivity index (χ2n) is 13.3. The SMILES string of the molecule is C/C=C\c1c(C)cccc1N(c1cccc(-c2cccc(-c3cccc4ccccc34)c2)c1)c1ccc2c3ccccc3c3ccccc3c2c1. The van der Waals surface area contributed by atoms with Crippen LogP contribution in [0.3, 0.4) is 0 Å². The third-order valence-electron chi connectivity index (χ3n) is 10.3. The first kappa shape index (κ1) is 30.6. The first-order chi connectivity index (χ1) is 25.2. The van der Waals surface area contributed by atoms with Crippen molar-refractivity contribution in [1.82, 2.24) is 0 Å². The standard InChI is InChI=1S/C50H37N/c1-3-14-41-34(2)15-10-28-50(41)51(40-29-30-48-46-25-7-6-23-44(46)45-24-8-9-26-47(45)49(48)33-40)39-21-12-19-37(32-39)36-18-11-20-38(31-36)43-27-13-17-35-16-4-5-22-42(35)43/h3-33H,1-2H3/b14-3-. The molecule has 0 unspecified atom stereocenters. The zero-order chi connectivity index (χ0) is 34.3. The molecule has 0 amide bonds. The van der Waals surface area contributed by atoms with Crippen LogP contribution in [0.1, 0.15) is 18.1 Å². The summed E-state index contributed by atoms with van der Waals surface area (Å²) in [5, 5.41) is 10.2. The molecule has 0 atom stereocenters. The van der Waals surface area contributed by atoms with Crippen molar-refractivity contribution in [2.45, 2.75) is 13.8 Å². The number of rotatable bonds is 6. The van der Waals surface area contributed by atoms with Gasteiger partial charge in [0.25, 0.3) is 0 Å². The van der Waals surface area contributed by atoms with E-state index in [4.69, 9.17) is 0 Å². The monoisotopic (exact) mass is 651 g/mol. The number of hydrogen-bond donors (Lipinski definition) is 0. The Morgan fingerprint density at radius 2 is 0.961 bits per heavy atom. The fraction of sp³-hybridized carbons (Fsp3) is 0.0400. The predicted octanol–water partition coefficient (Wildman–Crippen LogP) is 14.4. The fourth-order valence-corrected chi connectivity index (χ4v) is 7.87. The van der Waals surface area contributed by atoms with Crippen molar-refractivity contribution < 1.29 is 0 Å². The summed E-state index contributed by atoms with van der Waals surface area (Å²) < 4.78 is 0. The average Bonchev–Trinajstić information content (AvgIpc) is 3.19. The van der Waals surface area contributed by atoms with Crippen LogP contribution in [-0.2, 0) is 0 Å². The third kappa shape index (κ3) is 5.35. The lowest BCUT2D eigenvalue weighted by molar-refractivity contribution is 1.26. The molecule has 51 heavy (non-hydrogen) atoms. The number of anilines is 3. The Labute approximate surface area is 299 Å². The van der Waals surface area contributed by atoms with Crippen molar-refractivity contribution in [2.24, 2.45) is 0 Å². The van der Waals surface area contributed by atoms with Gasteiger partial charge in [-0.3, -0.25) is 0 Å². The molecule has 0 aliphatic heterocycles. The molecule has 0 saturated carbocycles. The normalized spacial score (nSPS) is 11.6. The number of aryl methyl sites for hydroxylation is 1. The van der Waals surface area contributed by atoms with E-state index in [1.807, 2.05) is 0 Å².